The lowest BCUT2D eigenvalue weighted by Gasteiger charge is -2.25. The summed E-state index contributed by atoms with van der Waals surface area (Å²) in [5, 5.41) is 2.73. The highest BCUT2D eigenvalue weighted by atomic mass is 16.5. The maximum absolute atomic E-state index is 10.6. The Labute approximate surface area is 77.8 Å². The van der Waals surface area contributed by atoms with Gasteiger partial charge in [0.2, 0.25) is 0 Å². The molecule has 2 bridgehead atoms. The van der Waals surface area contributed by atoms with Crippen LogP contribution in [0.3, 0.4) is 0 Å². The number of amides is 2. The van der Waals surface area contributed by atoms with Crippen molar-refractivity contribution in [1.82, 2.24) is 5.32 Å². The molecule has 0 radical (unpaired) electrons. The number of urea groups is 1. The average molecular weight is 184 g/mol. The SMILES string of the molecule is CC(NC(N)=O)C1CC2CCC1O2. The molecule has 0 aliphatic carbocycles. The summed E-state index contributed by atoms with van der Waals surface area (Å²) >= 11 is 0. The van der Waals surface area contributed by atoms with Crippen molar-refractivity contribution < 1.29 is 9.53 Å². The minimum atomic E-state index is -0.435. The Hall–Kier alpha value is -0.770. The van der Waals surface area contributed by atoms with E-state index in [0.29, 0.717) is 18.1 Å². The van der Waals surface area contributed by atoms with Crippen LogP contribution in [0.5, 0.6) is 0 Å². The molecule has 0 spiro atoms. The maximum atomic E-state index is 10.6. The van der Waals surface area contributed by atoms with Crippen molar-refractivity contribution in [3.05, 3.63) is 0 Å². The van der Waals surface area contributed by atoms with E-state index in [0.717, 1.165) is 12.8 Å². The number of ether oxygens (including phenoxy) is 1. The molecule has 2 fully saturated rings. The van der Waals surface area contributed by atoms with Crippen molar-refractivity contribution in [3.63, 3.8) is 0 Å². The summed E-state index contributed by atoms with van der Waals surface area (Å²) in [4.78, 5) is 10.6. The normalized spacial score (nSPS) is 39.0. The largest absolute Gasteiger partial charge is 0.375 e. The van der Waals surface area contributed by atoms with Crippen LogP contribution in [-0.2, 0) is 4.74 Å². The zero-order valence-electron chi connectivity index (χ0n) is 7.82. The summed E-state index contributed by atoms with van der Waals surface area (Å²) in [6.07, 6.45) is 4.19. The van der Waals surface area contributed by atoms with Crippen LogP contribution in [0, 0.1) is 5.92 Å². The van der Waals surface area contributed by atoms with E-state index in [9.17, 15) is 4.79 Å². The number of carbonyl (C=O) groups is 1. The summed E-state index contributed by atoms with van der Waals surface area (Å²) in [6, 6.07) is -0.289. The number of nitrogens with one attached hydrogen (secondary N) is 1. The second kappa shape index (κ2) is 3.18. The Balaban J connectivity index is 1.91. The summed E-state index contributed by atoms with van der Waals surface area (Å²) in [5.41, 5.74) is 5.07. The molecule has 2 amide bonds. The summed E-state index contributed by atoms with van der Waals surface area (Å²) in [7, 11) is 0. The molecule has 3 N–H and O–H groups in total. The summed E-state index contributed by atoms with van der Waals surface area (Å²) in [5.74, 6) is 0.464. The standard InChI is InChI=1S/C9H16N2O2/c1-5(11-9(10)12)7-4-6-2-3-8(7)13-6/h5-8H,2-4H2,1H3,(H3,10,11,12). The zero-order valence-corrected chi connectivity index (χ0v) is 7.82. The van der Waals surface area contributed by atoms with E-state index in [1.807, 2.05) is 6.92 Å². The molecule has 0 aromatic carbocycles. The third-order valence-corrected chi connectivity index (χ3v) is 3.17. The van der Waals surface area contributed by atoms with Crippen molar-refractivity contribution in [1.29, 1.82) is 0 Å². The van der Waals surface area contributed by atoms with Crippen LogP contribution in [0.15, 0.2) is 0 Å². The van der Waals surface area contributed by atoms with Gasteiger partial charge in [0, 0.05) is 12.0 Å². The number of rotatable bonds is 2. The number of hydrogen-bond acceptors (Lipinski definition) is 2. The quantitative estimate of drug-likeness (QED) is 0.660. The lowest BCUT2D eigenvalue weighted by atomic mass is 9.84. The number of hydrogen-bond donors (Lipinski definition) is 2. The molecular formula is C9H16N2O2. The first-order chi connectivity index (χ1) is 6.16. The molecular weight excluding hydrogens is 168 g/mol. The number of fused-ring (bicyclic) bond motifs is 2. The van der Waals surface area contributed by atoms with Gasteiger partial charge >= 0.3 is 6.03 Å². The number of primary amides is 1. The van der Waals surface area contributed by atoms with Crippen molar-refractivity contribution in [2.45, 2.75) is 44.4 Å². The van der Waals surface area contributed by atoms with E-state index in [1.54, 1.807) is 0 Å². The van der Waals surface area contributed by atoms with Crippen LogP contribution in [-0.4, -0.2) is 24.3 Å². The van der Waals surface area contributed by atoms with E-state index >= 15 is 0 Å². The van der Waals surface area contributed by atoms with Crippen molar-refractivity contribution >= 4 is 6.03 Å². The summed E-state index contributed by atoms with van der Waals surface area (Å²) in [6.45, 7) is 2.00. The molecule has 2 rings (SSSR count). The molecule has 2 saturated heterocycles. The average Bonchev–Trinajstić information content (AvgIpc) is 2.62. The first-order valence-electron chi connectivity index (χ1n) is 4.88. The fourth-order valence-corrected chi connectivity index (χ4v) is 2.53. The fraction of sp³-hybridized carbons (Fsp3) is 0.889. The molecule has 4 unspecified atom stereocenters. The van der Waals surface area contributed by atoms with E-state index in [4.69, 9.17) is 10.5 Å². The van der Waals surface area contributed by atoms with Crippen LogP contribution in [0.2, 0.25) is 0 Å². The number of carbonyl (C=O) groups excluding carboxylic acids is 1. The van der Waals surface area contributed by atoms with Gasteiger partial charge in [0.05, 0.1) is 12.2 Å². The highest BCUT2D eigenvalue weighted by molar-refractivity contribution is 5.71. The predicted octanol–water partition coefficient (Wildman–Crippen LogP) is 0.611. The van der Waals surface area contributed by atoms with E-state index < -0.39 is 6.03 Å². The Morgan fingerprint density at radius 1 is 1.62 bits per heavy atom. The highest BCUT2D eigenvalue weighted by Gasteiger charge is 2.43. The lowest BCUT2D eigenvalue weighted by molar-refractivity contribution is 0.0878. The molecule has 2 aliphatic rings. The van der Waals surface area contributed by atoms with Crippen molar-refractivity contribution in [3.8, 4) is 0 Å². The first kappa shape index (κ1) is 8.81. The Bertz CT molecular complexity index is 220. The molecule has 74 valence electrons. The minimum Gasteiger partial charge on any atom is -0.375 e. The molecule has 4 atom stereocenters. The fourth-order valence-electron chi connectivity index (χ4n) is 2.53. The third kappa shape index (κ3) is 1.63. The zero-order chi connectivity index (χ0) is 9.42. The van der Waals surface area contributed by atoms with Gasteiger partial charge in [-0.15, -0.1) is 0 Å². The monoisotopic (exact) mass is 184 g/mol. The second-order valence-corrected chi connectivity index (χ2v) is 4.07. The Morgan fingerprint density at radius 3 is 2.85 bits per heavy atom. The molecule has 0 aromatic heterocycles. The Morgan fingerprint density at radius 2 is 2.38 bits per heavy atom. The maximum Gasteiger partial charge on any atom is 0.312 e. The van der Waals surface area contributed by atoms with Crippen LogP contribution >= 0.6 is 0 Å². The molecule has 4 nitrogen and oxygen atoms in total. The van der Waals surface area contributed by atoms with Gasteiger partial charge in [0.1, 0.15) is 0 Å². The van der Waals surface area contributed by atoms with Crippen LogP contribution in [0.1, 0.15) is 26.2 Å². The second-order valence-electron chi connectivity index (χ2n) is 4.07. The van der Waals surface area contributed by atoms with Gasteiger partial charge in [-0.25, -0.2) is 4.79 Å². The predicted molar refractivity (Wildman–Crippen MR) is 48.2 cm³/mol. The van der Waals surface area contributed by atoms with Gasteiger partial charge < -0.3 is 15.8 Å². The molecule has 13 heavy (non-hydrogen) atoms. The van der Waals surface area contributed by atoms with Crippen LogP contribution in [0.25, 0.3) is 0 Å². The van der Waals surface area contributed by atoms with Crippen molar-refractivity contribution in [2.24, 2.45) is 11.7 Å². The molecule has 2 heterocycles. The van der Waals surface area contributed by atoms with Crippen LogP contribution in [0.4, 0.5) is 4.79 Å². The molecule has 0 saturated carbocycles. The van der Waals surface area contributed by atoms with E-state index in [2.05, 4.69) is 5.32 Å². The highest BCUT2D eigenvalue weighted by Crippen LogP contribution is 2.40. The van der Waals surface area contributed by atoms with Gasteiger partial charge in [-0.1, -0.05) is 0 Å². The Kier molecular flexibility index (Phi) is 2.15. The first-order valence-corrected chi connectivity index (χ1v) is 4.88. The molecule has 4 heteroatoms. The molecule has 2 aliphatic heterocycles. The van der Waals surface area contributed by atoms with E-state index in [1.165, 1.54) is 6.42 Å². The van der Waals surface area contributed by atoms with Gasteiger partial charge in [-0.3, -0.25) is 0 Å². The third-order valence-electron chi connectivity index (χ3n) is 3.17. The van der Waals surface area contributed by atoms with E-state index in [-0.39, 0.29) is 6.04 Å². The van der Waals surface area contributed by atoms with Gasteiger partial charge in [0.15, 0.2) is 0 Å². The summed E-state index contributed by atoms with van der Waals surface area (Å²) < 4.78 is 5.70. The lowest BCUT2D eigenvalue weighted by Crippen LogP contribution is -2.44. The smallest absolute Gasteiger partial charge is 0.312 e. The topological polar surface area (TPSA) is 64.3 Å². The van der Waals surface area contributed by atoms with Gasteiger partial charge in [0.25, 0.3) is 0 Å². The number of nitrogens with two attached hydrogens (primary N) is 1. The van der Waals surface area contributed by atoms with Gasteiger partial charge in [-0.05, 0) is 26.2 Å². The van der Waals surface area contributed by atoms with Crippen LogP contribution < -0.4 is 11.1 Å². The van der Waals surface area contributed by atoms with Gasteiger partial charge in [-0.2, -0.15) is 0 Å². The molecule has 0 aromatic rings. The minimum absolute atomic E-state index is 0.146. The van der Waals surface area contributed by atoms with Crippen molar-refractivity contribution in [2.75, 3.05) is 0 Å².